The maximum Gasteiger partial charge on any atom is 0.234 e. The van der Waals surface area contributed by atoms with E-state index in [0.29, 0.717) is 24.3 Å². The van der Waals surface area contributed by atoms with Crippen molar-refractivity contribution < 1.29 is 9.53 Å². The lowest BCUT2D eigenvalue weighted by atomic mass is 10.1. The van der Waals surface area contributed by atoms with Crippen molar-refractivity contribution >= 4 is 11.7 Å². The molecule has 0 aromatic carbocycles. The summed E-state index contributed by atoms with van der Waals surface area (Å²) in [6, 6.07) is 0.241. The molecule has 0 spiro atoms. The minimum absolute atomic E-state index is 0.241. The van der Waals surface area contributed by atoms with Crippen LogP contribution in [-0.4, -0.2) is 46.5 Å². The highest BCUT2D eigenvalue weighted by Crippen LogP contribution is 2.28. The molecule has 1 aromatic heterocycles. The van der Waals surface area contributed by atoms with Crippen molar-refractivity contribution in [2.24, 2.45) is 11.8 Å². The second-order valence-electron chi connectivity index (χ2n) is 7.34. The van der Waals surface area contributed by atoms with E-state index in [2.05, 4.69) is 29.1 Å². The molecule has 1 aliphatic carbocycles. The van der Waals surface area contributed by atoms with E-state index in [-0.39, 0.29) is 12.0 Å². The summed E-state index contributed by atoms with van der Waals surface area (Å²) in [7, 11) is 0. The van der Waals surface area contributed by atoms with Gasteiger partial charge in [0.05, 0.1) is 19.0 Å². The molecule has 1 aromatic rings. The molecular weight excluding hydrogens is 304 g/mol. The van der Waals surface area contributed by atoms with Gasteiger partial charge in [0, 0.05) is 25.0 Å². The minimum atomic E-state index is 0.241. The van der Waals surface area contributed by atoms with Crippen LogP contribution < -0.4 is 10.1 Å². The number of anilines is 1. The molecule has 1 saturated heterocycles. The molecule has 1 unspecified atom stereocenters. The van der Waals surface area contributed by atoms with Crippen molar-refractivity contribution in [3.63, 3.8) is 0 Å². The first-order valence-electron chi connectivity index (χ1n) is 9.12. The summed E-state index contributed by atoms with van der Waals surface area (Å²) < 4.78 is 5.62. The smallest absolute Gasteiger partial charge is 0.234 e. The first kappa shape index (κ1) is 17.0. The number of carbonyl (C=O) groups excluding carboxylic acids is 1. The van der Waals surface area contributed by atoms with Crippen LogP contribution in [0.4, 0.5) is 5.82 Å². The average molecular weight is 332 g/mol. The maximum atomic E-state index is 12.5. The SMILES string of the molecule is CC(C)COc1cncc(NC2CCN(C(=O)C3CCCC3)C2)n1. The van der Waals surface area contributed by atoms with Crippen molar-refractivity contribution in [1.82, 2.24) is 14.9 Å². The number of carbonyl (C=O) groups is 1. The minimum Gasteiger partial charge on any atom is -0.476 e. The van der Waals surface area contributed by atoms with Crippen LogP contribution in [0.15, 0.2) is 12.4 Å². The summed E-state index contributed by atoms with van der Waals surface area (Å²) in [4.78, 5) is 23.2. The topological polar surface area (TPSA) is 67.3 Å². The first-order valence-corrected chi connectivity index (χ1v) is 9.12. The van der Waals surface area contributed by atoms with E-state index in [4.69, 9.17) is 4.74 Å². The Morgan fingerprint density at radius 2 is 2.12 bits per heavy atom. The molecule has 1 atom stereocenters. The van der Waals surface area contributed by atoms with Gasteiger partial charge in [-0.3, -0.25) is 9.78 Å². The van der Waals surface area contributed by atoms with E-state index in [1.54, 1.807) is 12.4 Å². The van der Waals surface area contributed by atoms with Crippen LogP contribution >= 0.6 is 0 Å². The number of hydrogen-bond donors (Lipinski definition) is 1. The molecule has 1 saturated carbocycles. The number of nitrogens with one attached hydrogen (secondary N) is 1. The Balaban J connectivity index is 1.51. The zero-order chi connectivity index (χ0) is 16.9. The molecule has 24 heavy (non-hydrogen) atoms. The van der Waals surface area contributed by atoms with Crippen LogP contribution in [0.5, 0.6) is 5.88 Å². The highest BCUT2D eigenvalue weighted by Gasteiger charge is 2.32. The standard InChI is InChI=1S/C18H28N4O2/c1-13(2)12-24-17-10-19-9-16(21-17)20-15-7-8-22(11-15)18(23)14-5-3-4-6-14/h9-10,13-15H,3-8,11-12H2,1-2H3,(H,20,21). The zero-order valence-electron chi connectivity index (χ0n) is 14.7. The fourth-order valence-electron chi connectivity index (χ4n) is 3.46. The molecule has 6 heteroatoms. The van der Waals surface area contributed by atoms with Crippen LogP contribution in [0.3, 0.4) is 0 Å². The van der Waals surface area contributed by atoms with Gasteiger partial charge in [0.15, 0.2) is 0 Å². The van der Waals surface area contributed by atoms with Crippen molar-refractivity contribution in [2.75, 3.05) is 25.0 Å². The fourth-order valence-corrected chi connectivity index (χ4v) is 3.46. The molecule has 1 aliphatic heterocycles. The number of ether oxygens (including phenoxy) is 1. The number of hydrogen-bond acceptors (Lipinski definition) is 5. The lowest BCUT2D eigenvalue weighted by molar-refractivity contribution is -0.134. The normalized spacial score (nSPS) is 21.5. The molecule has 2 fully saturated rings. The van der Waals surface area contributed by atoms with Gasteiger partial charge in [-0.1, -0.05) is 26.7 Å². The number of rotatable bonds is 6. The van der Waals surface area contributed by atoms with Gasteiger partial charge in [-0.15, -0.1) is 0 Å². The number of aromatic nitrogens is 2. The molecule has 1 amide bonds. The third-order valence-corrected chi connectivity index (χ3v) is 4.73. The van der Waals surface area contributed by atoms with Gasteiger partial charge in [0.1, 0.15) is 5.82 Å². The largest absolute Gasteiger partial charge is 0.476 e. The second kappa shape index (κ2) is 7.81. The fraction of sp³-hybridized carbons (Fsp3) is 0.722. The van der Waals surface area contributed by atoms with Crippen molar-refractivity contribution in [3.05, 3.63) is 12.4 Å². The van der Waals surface area contributed by atoms with E-state index >= 15 is 0 Å². The molecule has 6 nitrogen and oxygen atoms in total. The summed E-state index contributed by atoms with van der Waals surface area (Å²) in [6.07, 6.45) is 8.83. The summed E-state index contributed by atoms with van der Waals surface area (Å²) in [6.45, 7) is 6.43. The van der Waals surface area contributed by atoms with Gasteiger partial charge >= 0.3 is 0 Å². The summed E-state index contributed by atoms with van der Waals surface area (Å²) in [5, 5.41) is 3.40. The lowest BCUT2D eigenvalue weighted by Crippen LogP contribution is -2.35. The molecular formula is C18H28N4O2. The molecule has 2 aliphatic rings. The van der Waals surface area contributed by atoms with E-state index in [9.17, 15) is 4.79 Å². The molecule has 2 heterocycles. The lowest BCUT2D eigenvalue weighted by Gasteiger charge is -2.20. The Bertz CT molecular complexity index is 558. The monoisotopic (exact) mass is 332 g/mol. The zero-order valence-corrected chi connectivity index (χ0v) is 14.7. The van der Waals surface area contributed by atoms with Crippen LogP contribution in [0, 0.1) is 11.8 Å². The third-order valence-electron chi connectivity index (χ3n) is 4.73. The highest BCUT2D eigenvalue weighted by atomic mass is 16.5. The number of likely N-dealkylation sites (tertiary alicyclic amines) is 1. The summed E-state index contributed by atoms with van der Waals surface area (Å²) >= 11 is 0. The summed E-state index contributed by atoms with van der Waals surface area (Å²) in [5.74, 6) is 2.32. The van der Waals surface area contributed by atoms with E-state index in [0.717, 1.165) is 38.2 Å². The van der Waals surface area contributed by atoms with Gasteiger partial charge < -0.3 is 15.0 Å². The van der Waals surface area contributed by atoms with E-state index in [1.807, 2.05) is 4.90 Å². The third kappa shape index (κ3) is 4.36. The number of nitrogens with zero attached hydrogens (tertiary/aromatic N) is 3. The van der Waals surface area contributed by atoms with Crippen LogP contribution in [0.1, 0.15) is 46.0 Å². The van der Waals surface area contributed by atoms with Crippen molar-refractivity contribution in [2.45, 2.75) is 52.0 Å². The predicted octanol–water partition coefficient (Wildman–Crippen LogP) is 2.71. The van der Waals surface area contributed by atoms with Crippen LogP contribution in [0.25, 0.3) is 0 Å². The Morgan fingerprint density at radius 3 is 2.88 bits per heavy atom. The molecule has 0 radical (unpaired) electrons. The van der Waals surface area contributed by atoms with Crippen LogP contribution in [0.2, 0.25) is 0 Å². The van der Waals surface area contributed by atoms with Gasteiger partial charge in [0.25, 0.3) is 0 Å². The van der Waals surface area contributed by atoms with Crippen LogP contribution in [-0.2, 0) is 4.79 Å². The van der Waals surface area contributed by atoms with Gasteiger partial charge in [0.2, 0.25) is 11.8 Å². The molecule has 3 rings (SSSR count). The van der Waals surface area contributed by atoms with Gasteiger partial charge in [-0.05, 0) is 25.2 Å². The van der Waals surface area contributed by atoms with E-state index in [1.165, 1.54) is 12.8 Å². The molecule has 0 bridgehead atoms. The van der Waals surface area contributed by atoms with Gasteiger partial charge in [-0.25, -0.2) is 0 Å². The Kier molecular flexibility index (Phi) is 5.53. The second-order valence-corrected chi connectivity index (χ2v) is 7.34. The van der Waals surface area contributed by atoms with Gasteiger partial charge in [-0.2, -0.15) is 4.98 Å². The predicted molar refractivity (Wildman–Crippen MR) is 92.9 cm³/mol. The first-order chi connectivity index (χ1) is 11.6. The van der Waals surface area contributed by atoms with Crippen molar-refractivity contribution in [1.29, 1.82) is 0 Å². The maximum absolute atomic E-state index is 12.5. The Morgan fingerprint density at radius 1 is 1.33 bits per heavy atom. The van der Waals surface area contributed by atoms with Crippen molar-refractivity contribution in [3.8, 4) is 5.88 Å². The average Bonchev–Trinajstić information content (AvgIpc) is 3.24. The Labute approximate surface area is 144 Å². The highest BCUT2D eigenvalue weighted by molar-refractivity contribution is 5.79. The molecule has 1 N–H and O–H groups in total. The summed E-state index contributed by atoms with van der Waals surface area (Å²) in [5.41, 5.74) is 0. The van der Waals surface area contributed by atoms with E-state index < -0.39 is 0 Å². The Hall–Kier alpha value is -1.85. The number of amides is 1. The quantitative estimate of drug-likeness (QED) is 0.867. The molecule has 132 valence electrons.